The number of carboxylic acids is 1. The van der Waals surface area contributed by atoms with Crippen LogP contribution in [0.4, 0.5) is 0 Å². The molecule has 5 heteroatoms. The second kappa shape index (κ2) is 10.1. The van der Waals surface area contributed by atoms with Crippen LogP contribution in [0, 0.1) is 23.7 Å². The van der Waals surface area contributed by atoms with E-state index in [1.807, 2.05) is 24.3 Å². The van der Waals surface area contributed by atoms with E-state index in [1.54, 1.807) is 0 Å². The van der Waals surface area contributed by atoms with Gasteiger partial charge in [0.15, 0.2) is 0 Å². The molecule has 5 nitrogen and oxygen atoms in total. The van der Waals surface area contributed by atoms with Gasteiger partial charge in [0.2, 0.25) is 0 Å². The van der Waals surface area contributed by atoms with Crippen LogP contribution in [0.2, 0.25) is 0 Å². The Morgan fingerprint density at radius 1 is 1.28 bits per heavy atom. The third-order valence-corrected chi connectivity index (χ3v) is 5.56. The number of ether oxygens (including phenoxy) is 1. The molecule has 0 aromatic carbocycles. The smallest absolute Gasteiger partial charge is 0.329 e. The van der Waals surface area contributed by atoms with Gasteiger partial charge in [-0.1, -0.05) is 31.2 Å². The highest BCUT2D eigenvalue weighted by Gasteiger charge is 2.46. The zero-order valence-electron chi connectivity index (χ0n) is 15.1. The molecule has 0 spiro atoms. The zero-order valence-corrected chi connectivity index (χ0v) is 15.1. The van der Waals surface area contributed by atoms with E-state index in [1.165, 1.54) is 0 Å². The fraction of sp³-hybridized carbons (Fsp3) is 0.750. The number of hydrogen-bond acceptors (Lipinski definition) is 4. The molecule has 6 atom stereocenters. The Morgan fingerprint density at radius 3 is 2.80 bits per heavy atom. The fourth-order valence-corrected chi connectivity index (χ4v) is 4.43. The van der Waals surface area contributed by atoms with Crippen molar-refractivity contribution < 1.29 is 24.9 Å². The van der Waals surface area contributed by atoms with Crippen molar-refractivity contribution in [1.82, 2.24) is 0 Å². The number of fused-ring (bicyclic) bond motifs is 1. The number of hydrogen-bond donors (Lipinski definition) is 3. The molecule has 2 aliphatic rings. The average Bonchev–Trinajstić information content (AvgIpc) is 3.06. The third-order valence-electron chi connectivity index (χ3n) is 5.56. The van der Waals surface area contributed by atoms with Gasteiger partial charge in [-0.25, -0.2) is 4.79 Å². The van der Waals surface area contributed by atoms with Crippen LogP contribution >= 0.6 is 0 Å². The van der Waals surface area contributed by atoms with Gasteiger partial charge in [-0.2, -0.15) is 0 Å². The Hall–Kier alpha value is -1.17. The lowest BCUT2D eigenvalue weighted by atomic mass is 9.89. The lowest BCUT2D eigenvalue weighted by molar-refractivity contribution is -0.142. The quantitative estimate of drug-likeness (QED) is 0.416. The monoisotopic (exact) mass is 352 g/mol. The molecule has 2 unspecified atom stereocenters. The maximum absolute atomic E-state index is 10.5. The highest BCUT2D eigenvalue weighted by atomic mass is 16.5. The molecule has 2 fully saturated rings. The van der Waals surface area contributed by atoms with Crippen molar-refractivity contribution in [3.63, 3.8) is 0 Å². The molecular weight excluding hydrogens is 320 g/mol. The first kappa shape index (κ1) is 20.1. The van der Waals surface area contributed by atoms with E-state index in [9.17, 15) is 15.0 Å². The van der Waals surface area contributed by atoms with E-state index < -0.39 is 12.1 Å². The largest absolute Gasteiger partial charge is 0.480 e. The van der Waals surface area contributed by atoms with Gasteiger partial charge in [0, 0.05) is 12.5 Å². The number of allylic oxidation sites excluding steroid dienone is 1. The van der Waals surface area contributed by atoms with Crippen LogP contribution in [0.15, 0.2) is 24.3 Å². The summed E-state index contributed by atoms with van der Waals surface area (Å²) in [6, 6.07) is 0. The highest BCUT2D eigenvalue weighted by molar-refractivity contribution is 5.67. The predicted molar refractivity (Wildman–Crippen MR) is 96.1 cm³/mol. The lowest BCUT2D eigenvalue weighted by Gasteiger charge is -2.19. The van der Waals surface area contributed by atoms with Crippen LogP contribution in [-0.2, 0) is 9.53 Å². The summed E-state index contributed by atoms with van der Waals surface area (Å²) in [7, 11) is 0. The first-order valence-electron chi connectivity index (χ1n) is 9.50. The van der Waals surface area contributed by atoms with E-state index in [4.69, 9.17) is 9.84 Å². The highest BCUT2D eigenvalue weighted by Crippen LogP contribution is 2.51. The lowest BCUT2D eigenvalue weighted by Crippen LogP contribution is -2.18. The van der Waals surface area contributed by atoms with E-state index in [-0.39, 0.29) is 18.6 Å². The van der Waals surface area contributed by atoms with Gasteiger partial charge in [0.25, 0.3) is 0 Å². The Bertz CT molecular complexity index is 473. The van der Waals surface area contributed by atoms with E-state index >= 15 is 0 Å². The van der Waals surface area contributed by atoms with Gasteiger partial charge in [-0.3, -0.25) is 0 Å². The van der Waals surface area contributed by atoms with E-state index in [0.717, 1.165) is 32.1 Å². The summed E-state index contributed by atoms with van der Waals surface area (Å²) in [6.45, 7) is 2.33. The van der Waals surface area contributed by atoms with Crippen molar-refractivity contribution in [3.05, 3.63) is 24.3 Å². The summed E-state index contributed by atoms with van der Waals surface area (Å²) in [5.41, 5.74) is 0. The molecule has 2 rings (SSSR count). The predicted octanol–water partition coefficient (Wildman–Crippen LogP) is 2.77. The minimum absolute atomic E-state index is 0.125. The maximum atomic E-state index is 10.5. The molecule has 0 saturated heterocycles. The second-order valence-corrected chi connectivity index (χ2v) is 7.44. The molecule has 0 bridgehead atoms. The van der Waals surface area contributed by atoms with Crippen LogP contribution in [0.3, 0.4) is 0 Å². The molecule has 0 heterocycles. The fourth-order valence-electron chi connectivity index (χ4n) is 4.43. The third kappa shape index (κ3) is 6.24. The van der Waals surface area contributed by atoms with Crippen molar-refractivity contribution in [2.75, 3.05) is 13.2 Å². The molecule has 0 aromatic heterocycles. The summed E-state index contributed by atoms with van der Waals surface area (Å²) < 4.78 is 5.15. The Labute approximate surface area is 150 Å². The SMILES string of the molecule is CC/C=C/CC(O)C=C[C@H]1[C@@H]2CC(CCOCC(=O)O)C[C@@H]2C[C@@H]1O. The van der Waals surface area contributed by atoms with E-state index in [0.29, 0.717) is 30.8 Å². The summed E-state index contributed by atoms with van der Waals surface area (Å²) in [5, 5.41) is 29.0. The van der Waals surface area contributed by atoms with Gasteiger partial charge < -0.3 is 20.1 Å². The van der Waals surface area contributed by atoms with Crippen LogP contribution in [0.25, 0.3) is 0 Å². The Balaban J connectivity index is 1.79. The summed E-state index contributed by atoms with van der Waals surface area (Å²) >= 11 is 0. The Kier molecular flexibility index (Phi) is 8.13. The molecule has 2 saturated carbocycles. The normalized spacial score (nSPS) is 33.3. The molecule has 0 aromatic rings. The van der Waals surface area contributed by atoms with Crippen molar-refractivity contribution in [2.24, 2.45) is 23.7 Å². The van der Waals surface area contributed by atoms with Crippen molar-refractivity contribution in [2.45, 2.75) is 57.7 Å². The average molecular weight is 352 g/mol. The minimum Gasteiger partial charge on any atom is -0.480 e. The van der Waals surface area contributed by atoms with Gasteiger partial charge in [0.05, 0.1) is 12.2 Å². The molecule has 0 amide bonds. The summed E-state index contributed by atoms with van der Waals surface area (Å²) in [6.07, 6.45) is 12.5. The summed E-state index contributed by atoms with van der Waals surface area (Å²) in [5.74, 6) is 0.744. The number of carbonyl (C=O) groups is 1. The van der Waals surface area contributed by atoms with Gasteiger partial charge in [-0.05, 0) is 56.3 Å². The number of rotatable bonds is 10. The zero-order chi connectivity index (χ0) is 18.2. The molecule has 0 aliphatic heterocycles. The van der Waals surface area contributed by atoms with Crippen molar-refractivity contribution in [1.29, 1.82) is 0 Å². The summed E-state index contributed by atoms with van der Waals surface area (Å²) in [4.78, 5) is 10.5. The van der Waals surface area contributed by atoms with Gasteiger partial charge >= 0.3 is 5.97 Å². The van der Waals surface area contributed by atoms with Crippen molar-refractivity contribution >= 4 is 5.97 Å². The molecule has 2 aliphatic carbocycles. The van der Waals surface area contributed by atoms with Gasteiger partial charge in [0.1, 0.15) is 6.61 Å². The van der Waals surface area contributed by atoms with Gasteiger partial charge in [-0.15, -0.1) is 0 Å². The number of aliphatic hydroxyl groups excluding tert-OH is 2. The van der Waals surface area contributed by atoms with Crippen LogP contribution in [0.5, 0.6) is 0 Å². The molecular formula is C20H32O5. The molecule has 142 valence electrons. The standard InChI is InChI=1S/C20H32O5/c1-2-3-4-5-16(21)6-7-17-18-11-14(8-9-25-13-20(23)24)10-15(18)12-19(17)22/h3-4,6-7,14-19,21-22H,2,5,8-13H2,1H3,(H,23,24)/b4-3+,7-6?/t14?,15-,16?,17+,18-,19+/m1/s1. The maximum Gasteiger partial charge on any atom is 0.329 e. The molecule has 3 N–H and O–H groups in total. The first-order chi connectivity index (χ1) is 12.0. The number of aliphatic carboxylic acids is 1. The second-order valence-electron chi connectivity index (χ2n) is 7.44. The number of aliphatic hydroxyl groups is 2. The van der Waals surface area contributed by atoms with Crippen LogP contribution < -0.4 is 0 Å². The minimum atomic E-state index is -0.927. The molecule has 0 radical (unpaired) electrons. The first-order valence-corrected chi connectivity index (χ1v) is 9.50. The Morgan fingerprint density at radius 2 is 2.08 bits per heavy atom. The van der Waals surface area contributed by atoms with Crippen LogP contribution in [-0.4, -0.2) is 46.7 Å². The topological polar surface area (TPSA) is 87.0 Å². The van der Waals surface area contributed by atoms with Crippen molar-refractivity contribution in [3.8, 4) is 0 Å². The number of carboxylic acid groups (broad SMARTS) is 1. The molecule has 25 heavy (non-hydrogen) atoms. The van der Waals surface area contributed by atoms with E-state index in [2.05, 4.69) is 6.92 Å². The van der Waals surface area contributed by atoms with Crippen LogP contribution in [0.1, 0.15) is 45.4 Å².